The lowest BCUT2D eigenvalue weighted by molar-refractivity contribution is 0.448. The van der Waals surface area contributed by atoms with Gasteiger partial charge in [0.25, 0.3) is 5.56 Å². The summed E-state index contributed by atoms with van der Waals surface area (Å²) >= 11 is 2.13. The maximum absolute atomic E-state index is 14.3. The normalized spacial score (nSPS) is 10.9. The van der Waals surface area contributed by atoms with E-state index in [9.17, 15) is 18.0 Å². The predicted molar refractivity (Wildman–Crippen MR) is 93.4 cm³/mol. The third kappa shape index (κ3) is 3.05. The lowest BCUT2D eigenvalue weighted by Gasteiger charge is -2.16. The number of hydrogen-bond donors (Lipinski definition) is 2. The average Bonchev–Trinajstić information content (AvgIpc) is 2.96. The number of anilines is 2. The fourth-order valence-electron chi connectivity index (χ4n) is 2.27. The first kappa shape index (κ1) is 16.6. The second-order valence-corrected chi connectivity index (χ2v) is 6.37. The van der Waals surface area contributed by atoms with Gasteiger partial charge in [-0.15, -0.1) is 0 Å². The maximum atomic E-state index is 14.3. The van der Waals surface area contributed by atoms with Crippen molar-refractivity contribution < 1.29 is 13.2 Å². The fourth-order valence-corrected chi connectivity index (χ4v) is 2.92. The van der Waals surface area contributed by atoms with E-state index in [2.05, 4.69) is 33.0 Å². The van der Waals surface area contributed by atoms with Crippen LogP contribution in [0.4, 0.5) is 24.5 Å². The van der Waals surface area contributed by atoms with Crippen molar-refractivity contribution in [2.75, 3.05) is 5.32 Å². The number of benzene rings is 2. The molecule has 0 spiro atoms. The molecule has 0 aliphatic carbocycles. The van der Waals surface area contributed by atoms with Crippen molar-refractivity contribution in [3.05, 3.63) is 73.5 Å². The van der Waals surface area contributed by atoms with Crippen LogP contribution >= 0.6 is 22.6 Å². The van der Waals surface area contributed by atoms with Gasteiger partial charge in [0, 0.05) is 27.6 Å². The maximum Gasteiger partial charge on any atom is 0.264 e. The Balaban J connectivity index is 2.18. The van der Waals surface area contributed by atoms with Gasteiger partial charge in [0.2, 0.25) is 0 Å². The third-order valence-corrected chi connectivity index (χ3v) is 4.13. The van der Waals surface area contributed by atoms with Gasteiger partial charge < -0.3 is 5.32 Å². The van der Waals surface area contributed by atoms with Crippen LogP contribution in [0.1, 0.15) is 5.56 Å². The molecule has 2 aromatic carbocycles. The topological polar surface area (TPSA) is 49.8 Å². The first-order chi connectivity index (χ1) is 11.4. The third-order valence-electron chi connectivity index (χ3n) is 3.45. The van der Waals surface area contributed by atoms with Crippen LogP contribution in [0.25, 0.3) is 5.69 Å². The molecule has 0 unspecified atom stereocenters. The fraction of sp³-hybridized carbons (Fsp3) is 0.0625. The van der Waals surface area contributed by atoms with E-state index in [4.69, 9.17) is 0 Å². The smallest absolute Gasteiger partial charge is 0.264 e. The van der Waals surface area contributed by atoms with Crippen LogP contribution in [0.3, 0.4) is 0 Å². The summed E-state index contributed by atoms with van der Waals surface area (Å²) in [7, 11) is 0. The van der Waals surface area contributed by atoms with E-state index in [0.29, 0.717) is 5.69 Å². The highest BCUT2D eigenvalue weighted by Gasteiger charge is 2.20. The number of aromatic amines is 1. The van der Waals surface area contributed by atoms with E-state index in [1.807, 2.05) is 6.07 Å². The van der Waals surface area contributed by atoms with Crippen LogP contribution in [0.15, 0.2) is 41.3 Å². The number of aromatic nitrogens is 2. The number of H-pyrrole nitrogens is 1. The first-order valence-corrected chi connectivity index (χ1v) is 7.93. The van der Waals surface area contributed by atoms with Gasteiger partial charge in [-0.2, -0.15) is 0 Å². The Kier molecular flexibility index (Phi) is 4.39. The predicted octanol–water partition coefficient (Wildman–Crippen LogP) is 4.24. The van der Waals surface area contributed by atoms with Crippen molar-refractivity contribution in [2.24, 2.45) is 0 Å². The van der Waals surface area contributed by atoms with Crippen LogP contribution in [0.2, 0.25) is 0 Å². The monoisotopic (exact) mass is 445 g/mol. The Hall–Kier alpha value is -2.23. The summed E-state index contributed by atoms with van der Waals surface area (Å²) in [6.07, 6.45) is 1.31. The number of hydrogen-bond acceptors (Lipinski definition) is 2. The molecule has 1 aromatic heterocycles. The lowest BCUT2D eigenvalue weighted by atomic mass is 10.1. The summed E-state index contributed by atoms with van der Waals surface area (Å²) in [5.41, 5.74) is 0.571. The standard InChI is InChI=1S/C16H11F3IN3O/c1-8-6-9(20)2-3-11(8)21-16-12(23-5-4-13(24)22-23)7-10(17)14(18)15(16)19/h2-7,21H,1H3,(H,22,24). The number of rotatable bonds is 3. The minimum Gasteiger partial charge on any atom is -0.351 e. The highest BCUT2D eigenvalue weighted by molar-refractivity contribution is 14.1. The molecule has 3 aromatic rings. The van der Waals surface area contributed by atoms with E-state index < -0.39 is 23.0 Å². The summed E-state index contributed by atoms with van der Waals surface area (Å²) in [5.74, 6) is -4.29. The molecule has 0 saturated carbocycles. The van der Waals surface area contributed by atoms with Crippen molar-refractivity contribution in [1.29, 1.82) is 0 Å². The summed E-state index contributed by atoms with van der Waals surface area (Å²) in [4.78, 5) is 11.3. The molecule has 3 rings (SSSR count). The number of nitrogens with one attached hydrogen (secondary N) is 2. The first-order valence-electron chi connectivity index (χ1n) is 6.85. The van der Waals surface area contributed by atoms with E-state index in [1.54, 1.807) is 19.1 Å². The largest absolute Gasteiger partial charge is 0.351 e. The molecule has 0 aliphatic rings. The number of halogens is 4. The van der Waals surface area contributed by atoms with Gasteiger partial charge in [0.15, 0.2) is 17.5 Å². The van der Waals surface area contributed by atoms with Gasteiger partial charge >= 0.3 is 0 Å². The quantitative estimate of drug-likeness (QED) is 0.468. The minimum absolute atomic E-state index is 0.0496. The molecule has 0 radical (unpaired) electrons. The zero-order chi connectivity index (χ0) is 17.4. The molecule has 124 valence electrons. The second kappa shape index (κ2) is 6.34. The van der Waals surface area contributed by atoms with Crippen LogP contribution in [0, 0.1) is 27.9 Å². The van der Waals surface area contributed by atoms with Crippen molar-refractivity contribution in [2.45, 2.75) is 6.92 Å². The molecule has 0 saturated heterocycles. The van der Waals surface area contributed by atoms with Gasteiger partial charge in [-0.1, -0.05) is 0 Å². The molecule has 24 heavy (non-hydrogen) atoms. The van der Waals surface area contributed by atoms with Crippen molar-refractivity contribution in [1.82, 2.24) is 9.78 Å². The van der Waals surface area contributed by atoms with Gasteiger partial charge in [-0.3, -0.25) is 14.6 Å². The molecule has 4 nitrogen and oxygen atoms in total. The van der Waals surface area contributed by atoms with E-state index in [-0.39, 0.29) is 11.4 Å². The van der Waals surface area contributed by atoms with Gasteiger partial charge in [-0.25, -0.2) is 13.2 Å². The van der Waals surface area contributed by atoms with Crippen molar-refractivity contribution in [3.63, 3.8) is 0 Å². The number of aryl methyl sites for hydroxylation is 1. The van der Waals surface area contributed by atoms with Gasteiger partial charge in [0.05, 0.1) is 5.69 Å². The molecule has 0 aliphatic heterocycles. The number of nitrogens with zero attached hydrogens (tertiary/aromatic N) is 1. The highest BCUT2D eigenvalue weighted by Crippen LogP contribution is 2.31. The highest BCUT2D eigenvalue weighted by atomic mass is 127. The van der Waals surface area contributed by atoms with Crippen molar-refractivity contribution in [3.8, 4) is 5.69 Å². The molecular formula is C16H11F3IN3O. The van der Waals surface area contributed by atoms with E-state index >= 15 is 0 Å². The summed E-state index contributed by atoms with van der Waals surface area (Å²) in [6, 6.07) is 7.38. The Labute approximate surface area is 148 Å². The zero-order valence-corrected chi connectivity index (χ0v) is 14.5. The second-order valence-electron chi connectivity index (χ2n) is 5.13. The molecule has 2 N–H and O–H groups in total. The summed E-state index contributed by atoms with van der Waals surface area (Å²) in [5, 5.41) is 5.16. The molecule has 1 heterocycles. The molecule has 0 atom stereocenters. The zero-order valence-electron chi connectivity index (χ0n) is 12.3. The van der Waals surface area contributed by atoms with E-state index in [1.165, 1.54) is 12.3 Å². The minimum atomic E-state index is -1.58. The molecule has 0 amide bonds. The molecule has 8 heteroatoms. The lowest BCUT2D eigenvalue weighted by Crippen LogP contribution is -2.10. The van der Waals surface area contributed by atoms with Crippen molar-refractivity contribution >= 4 is 34.0 Å². The Morgan fingerprint density at radius 1 is 1.12 bits per heavy atom. The van der Waals surface area contributed by atoms with E-state index in [0.717, 1.165) is 19.9 Å². The Morgan fingerprint density at radius 3 is 2.50 bits per heavy atom. The SMILES string of the molecule is Cc1cc(I)ccc1Nc1c(-n2ccc(=O)[nH]2)cc(F)c(F)c1F. The van der Waals surface area contributed by atoms with Gasteiger partial charge in [-0.05, 0) is 53.3 Å². The van der Waals surface area contributed by atoms with Crippen LogP contribution in [0.5, 0.6) is 0 Å². The van der Waals surface area contributed by atoms with Crippen LogP contribution in [-0.4, -0.2) is 9.78 Å². The Bertz CT molecular complexity index is 981. The summed E-state index contributed by atoms with van der Waals surface area (Å²) in [6.45, 7) is 1.81. The molecule has 0 bridgehead atoms. The average molecular weight is 445 g/mol. The Morgan fingerprint density at radius 2 is 1.88 bits per heavy atom. The van der Waals surface area contributed by atoms with Gasteiger partial charge in [0.1, 0.15) is 5.69 Å². The molecular weight excluding hydrogens is 434 g/mol. The van der Waals surface area contributed by atoms with Crippen LogP contribution in [-0.2, 0) is 0 Å². The molecule has 0 fully saturated rings. The summed E-state index contributed by atoms with van der Waals surface area (Å²) < 4.78 is 43.8. The van der Waals surface area contributed by atoms with Crippen LogP contribution < -0.4 is 10.9 Å².